The molecule has 0 bridgehead atoms. The van der Waals surface area contributed by atoms with Gasteiger partial charge in [-0.2, -0.15) is 4.98 Å². The molecule has 8 nitrogen and oxygen atoms in total. The maximum Gasteiger partial charge on any atom is 0.310 e. The molecule has 168 valence electrons. The molecule has 0 amide bonds. The number of halogens is 1. The molecule has 3 aromatic rings. The molecule has 1 aromatic heterocycles. The number of aliphatic carboxylic acids is 1. The van der Waals surface area contributed by atoms with Crippen molar-refractivity contribution in [2.24, 2.45) is 5.41 Å². The van der Waals surface area contributed by atoms with Crippen LogP contribution in [0, 0.1) is 5.41 Å². The lowest BCUT2D eigenvalue weighted by Gasteiger charge is -2.39. The van der Waals surface area contributed by atoms with Crippen molar-refractivity contribution in [2.75, 3.05) is 37.9 Å². The number of nitrogen functional groups attached to an aromatic ring is 1. The Labute approximate surface area is 190 Å². The predicted octanol–water partition coefficient (Wildman–Crippen LogP) is 3.80. The Morgan fingerprint density at radius 2 is 1.75 bits per heavy atom. The number of carboxylic acids is 1. The van der Waals surface area contributed by atoms with E-state index in [9.17, 15) is 9.90 Å². The monoisotopic (exact) mass is 456 g/mol. The van der Waals surface area contributed by atoms with Crippen molar-refractivity contribution in [2.45, 2.75) is 19.3 Å². The summed E-state index contributed by atoms with van der Waals surface area (Å²) in [5, 5.41) is 11.3. The van der Waals surface area contributed by atoms with Crippen molar-refractivity contribution in [3.63, 3.8) is 0 Å². The summed E-state index contributed by atoms with van der Waals surface area (Å²) in [4.78, 5) is 23.4. The van der Waals surface area contributed by atoms with Gasteiger partial charge in [0.25, 0.3) is 0 Å². The van der Waals surface area contributed by atoms with Gasteiger partial charge in [-0.3, -0.25) is 4.79 Å². The molecule has 3 N–H and O–H groups in total. The quantitative estimate of drug-likeness (QED) is 0.576. The number of benzene rings is 2. The van der Waals surface area contributed by atoms with Gasteiger partial charge in [-0.05, 0) is 43.0 Å². The zero-order chi connectivity index (χ0) is 22.9. The first-order valence-corrected chi connectivity index (χ1v) is 10.6. The van der Waals surface area contributed by atoms with Crippen LogP contribution in [0.2, 0.25) is 5.02 Å². The number of methoxy groups -OCH3 is 2. The van der Waals surface area contributed by atoms with Gasteiger partial charge in [0.2, 0.25) is 5.95 Å². The minimum atomic E-state index is -0.844. The summed E-state index contributed by atoms with van der Waals surface area (Å²) in [6, 6.07) is 10.9. The van der Waals surface area contributed by atoms with Crippen LogP contribution in [0.25, 0.3) is 10.9 Å². The maximum atomic E-state index is 12.2. The average Bonchev–Trinajstić information content (AvgIpc) is 2.80. The van der Waals surface area contributed by atoms with Crippen LogP contribution in [0.1, 0.15) is 18.4 Å². The first kappa shape index (κ1) is 22.0. The Hall–Kier alpha value is -3.26. The fourth-order valence-electron chi connectivity index (χ4n) is 4.20. The van der Waals surface area contributed by atoms with E-state index in [1.807, 2.05) is 17.0 Å². The zero-order valence-corrected chi connectivity index (χ0v) is 18.7. The SMILES string of the molecule is COc1cc2nc(N3CCC(Cc4ccc(Cl)cc4)(C(=O)O)CC3)nc(N)c2cc1OC. The van der Waals surface area contributed by atoms with Crippen LogP contribution in [0.4, 0.5) is 11.8 Å². The lowest BCUT2D eigenvalue weighted by atomic mass is 9.74. The van der Waals surface area contributed by atoms with Gasteiger partial charge in [0.15, 0.2) is 11.5 Å². The van der Waals surface area contributed by atoms with E-state index >= 15 is 0 Å². The van der Waals surface area contributed by atoms with Crippen molar-refractivity contribution in [3.05, 3.63) is 47.0 Å². The topological polar surface area (TPSA) is 111 Å². The summed E-state index contributed by atoms with van der Waals surface area (Å²) < 4.78 is 10.7. The summed E-state index contributed by atoms with van der Waals surface area (Å²) in [5.41, 5.74) is 6.97. The van der Waals surface area contributed by atoms with Gasteiger partial charge < -0.3 is 25.2 Å². The van der Waals surface area contributed by atoms with E-state index in [2.05, 4.69) is 9.97 Å². The molecule has 0 radical (unpaired) electrons. The number of hydrogen-bond acceptors (Lipinski definition) is 7. The molecule has 1 fully saturated rings. The molecule has 9 heteroatoms. The van der Waals surface area contributed by atoms with Crippen LogP contribution < -0.4 is 20.1 Å². The van der Waals surface area contributed by atoms with Crippen LogP contribution in [-0.4, -0.2) is 48.4 Å². The molecule has 0 atom stereocenters. The third-order valence-electron chi connectivity index (χ3n) is 6.13. The highest BCUT2D eigenvalue weighted by Gasteiger charge is 2.42. The van der Waals surface area contributed by atoms with Crippen LogP contribution >= 0.6 is 11.6 Å². The minimum Gasteiger partial charge on any atom is -0.493 e. The van der Waals surface area contributed by atoms with Gasteiger partial charge in [-0.1, -0.05) is 23.7 Å². The first-order chi connectivity index (χ1) is 15.3. The molecule has 32 heavy (non-hydrogen) atoms. The van der Waals surface area contributed by atoms with E-state index in [1.54, 1.807) is 38.5 Å². The van der Waals surface area contributed by atoms with Crippen LogP contribution in [-0.2, 0) is 11.2 Å². The molecular weight excluding hydrogens is 432 g/mol. The van der Waals surface area contributed by atoms with Gasteiger partial charge in [-0.25, -0.2) is 4.98 Å². The summed E-state index contributed by atoms with van der Waals surface area (Å²) in [7, 11) is 3.12. The molecule has 0 aliphatic carbocycles. The summed E-state index contributed by atoms with van der Waals surface area (Å²) in [5.74, 6) is 1.13. The molecule has 2 aromatic carbocycles. The van der Waals surface area contributed by atoms with Crippen molar-refractivity contribution < 1.29 is 19.4 Å². The molecule has 0 unspecified atom stereocenters. The number of carbonyl (C=O) groups is 1. The molecule has 4 rings (SSSR count). The fourth-order valence-corrected chi connectivity index (χ4v) is 4.33. The molecule has 1 aliphatic rings. The van der Waals surface area contributed by atoms with Crippen LogP contribution in [0.3, 0.4) is 0 Å². The van der Waals surface area contributed by atoms with E-state index in [4.69, 9.17) is 26.8 Å². The van der Waals surface area contributed by atoms with Gasteiger partial charge in [0.05, 0.1) is 25.2 Å². The number of ether oxygens (including phenoxy) is 2. The lowest BCUT2D eigenvalue weighted by molar-refractivity contribution is -0.150. The number of rotatable bonds is 6. The van der Waals surface area contributed by atoms with E-state index in [0.29, 0.717) is 71.5 Å². The number of fused-ring (bicyclic) bond motifs is 1. The summed E-state index contributed by atoms with van der Waals surface area (Å²) in [6.07, 6.45) is 1.39. The van der Waals surface area contributed by atoms with Crippen molar-refractivity contribution in [3.8, 4) is 11.5 Å². The second kappa shape index (κ2) is 8.70. The number of anilines is 2. The zero-order valence-electron chi connectivity index (χ0n) is 18.0. The van der Waals surface area contributed by atoms with Crippen molar-refractivity contribution >= 4 is 40.2 Å². The highest BCUT2D eigenvalue weighted by molar-refractivity contribution is 6.30. The minimum absolute atomic E-state index is 0.335. The largest absolute Gasteiger partial charge is 0.493 e. The third kappa shape index (κ3) is 4.10. The Balaban J connectivity index is 1.58. The molecule has 2 heterocycles. The first-order valence-electron chi connectivity index (χ1n) is 10.3. The standard InChI is InChI=1S/C23H25ClN4O4/c1-31-18-11-16-17(12-19(18)32-2)26-22(27-20(16)25)28-9-7-23(8-10-28,21(29)30)13-14-3-5-15(24)6-4-14/h3-6,11-12H,7-10,13H2,1-2H3,(H,29,30)(H2,25,26,27). The second-order valence-electron chi connectivity index (χ2n) is 8.01. The fraction of sp³-hybridized carbons (Fsp3) is 0.348. The number of piperidine rings is 1. The highest BCUT2D eigenvalue weighted by atomic mass is 35.5. The van der Waals surface area contributed by atoms with Crippen molar-refractivity contribution in [1.82, 2.24) is 9.97 Å². The molecule has 1 aliphatic heterocycles. The Kier molecular flexibility index (Phi) is 5.97. The van der Waals surface area contributed by atoms with Crippen LogP contribution in [0.5, 0.6) is 11.5 Å². The Bertz CT molecular complexity index is 1140. The van der Waals surface area contributed by atoms with E-state index in [0.717, 1.165) is 5.56 Å². The Morgan fingerprint density at radius 3 is 2.34 bits per heavy atom. The van der Waals surface area contributed by atoms with E-state index in [-0.39, 0.29) is 0 Å². The van der Waals surface area contributed by atoms with Crippen LogP contribution in [0.15, 0.2) is 36.4 Å². The number of hydrogen-bond donors (Lipinski definition) is 2. The number of aromatic nitrogens is 2. The van der Waals surface area contributed by atoms with Gasteiger partial charge in [0, 0.05) is 29.6 Å². The molecule has 0 saturated carbocycles. The normalized spacial score (nSPS) is 15.5. The van der Waals surface area contributed by atoms with Gasteiger partial charge in [0.1, 0.15) is 5.82 Å². The highest BCUT2D eigenvalue weighted by Crippen LogP contribution is 2.38. The Morgan fingerprint density at radius 1 is 1.12 bits per heavy atom. The summed E-state index contributed by atoms with van der Waals surface area (Å²) in [6.45, 7) is 1.02. The smallest absolute Gasteiger partial charge is 0.310 e. The number of carboxylic acid groups (broad SMARTS) is 1. The van der Waals surface area contributed by atoms with Crippen molar-refractivity contribution in [1.29, 1.82) is 0 Å². The van der Waals surface area contributed by atoms with E-state index < -0.39 is 11.4 Å². The molecule has 0 spiro atoms. The maximum absolute atomic E-state index is 12.2. The number of nitrogens with two attached hydrogens (primary N) is 1. The molecular formula is C23H25ClN4O4. The average molecular weight is 457 g/mol. The lowest BCUT2D eigenvalue weighted by Crippen LogP contribution is -2.46. The second-order valence-corrected chi connectivity index (χ2v) is 8.45. The predicted molar refractivity (Wildman–Crippen MR) is 124 cm³/mol. The van der Waals surface area contributed by atoms with E-state index in [1.165, 1.54) is 0 Å². The van der Waals surface area contributed by atoms with Gasteiger partial charge in [-0.15, -0.1) is 0 Å². The summed E-state index contributed by atoms with van der Waals surface area (Å²) >= 11 is 5.97. The third-order valence-corrected chi connectivity index (χ3v) is 6.38. The molecule has 1 saturated heterocycles. The number of nitrogens with zero attached hydrogens (tertiary/aromatic N) is 3. The van der Waals surface area contributed by atoms with Gasteiger partial charge >= 0.3 is 5.97 Å².